The van der Waals surface area contributed by atoms with E-state index in [4.69, 9.17) is 4.74 Å². The number of benzene rings is 1. The molecule has 0 aliphatic carbocycles. The summed E-state index contributed by atoms with van der Waals surface area (Å²) < 4.78 is 5.49. The van der Waals surface area contributed by atoms with Gasteiger partial charge < -0.3 is 14.5 Å². The lowest BCUT2D eigenvalue weighted by Crippen LogP contribution is -2.35. The molecule has 4 heterocycles. The molecule has 2 fully saturated rings. The van der Waals surface area contributed by atoms with Gasteiger partial charge in [-0.1, -0.05) is 24.3 Å². The van der Waals surface area contributed by atoms with Crippen LogP contribution in [0.1, 0.15) is 40.7 Å². The lowest BCUT2D eigenvalue weighted by Gasteiger charge is -2.33. The molecule has 0 radical (unpaired) electrons. The SMILES string of the molecule is O=C(c1cnc(N2Cc3ccccc3C2)nc1)N1CCC2(CCOCC2)C1. The predicted octanol–water partition coefficient (Wildman–Crippen LogP) is 2.64. The van der Waals surface area contributed by atoms with E-state index in [1.54, 1.807) is 12.4 Å². The molecule has 140 valence electrons. The van der Waals surface area contributed by atoms with Crippen molar-refractivity contribution in [1.82, 2.24) is 14.9 Å². The van der Waals surface area contributed by atoms with E-state index in [9.17, 15) is 4.79 Å². The molecule has 3 aliphatic rings. The number of hydrogen-bond acceptors (Lipinski definition) is 5. The number of amides is 1. The molecule has 3 aliphatic heterocycles. The number of likely N-dealkylation sites (tertiary alicyclic amines) is 1. The number of hydrogen-bond donors (Lipinski definition) is 0. The Labute approximate surface area is 159 Å². The first kappa shape index (κ1) is 16.7. The fourth-order valence-electron chi connectivity index (χ4n) is 4.57. The summed E-state index contributed by atoms with van der Waals surface area (Å²) in [6.07, 6.45) is 6.56. The van der Waals surface area contributed by atoms with Crippen molar-refractivity contribution in [2.75, 3.05) is 31.2 Å². The van der Waals surface area contributed by atoms with Gasteiger partial charge in [0.1, 0.15) is 0 Å². The van der Waals surface area contributed by atoms with Crippen molar-refractivity contribution in [1.29, 1.82) is 0 Å². The minimum atomic E-state index is 0.0506. The zero-order chi connectivity index (χ0) is 18.3. The highest BCUT2D eigenvalue weighted by Crippen LogP contribution is 2.40. The Hall–Kier alpha value is -2.47. The number of ether oxygens (including phenoxy) is 1. The lowest BCUT2D eigenvalue weighted by atomic mass is 9.80. The highest BCUT2D eigenvalue weighted by molar-refractivity contribution is 5.94. The summed E-state index contributed by atoms with van der Waals surface area (Å²) in [5.74, 6) is 0.736. The van der Waals surface area contributed by atoms with E-state index in [-0.39, 0.29) is 11.3 Å². The Kier molecular flexibility index (Phi) is 4.08. The molecule has 2 aromatic rings. The van der Waals surface area contributed by atoms with Gasteiger partial charge in [0.25, 0.3) is 5.91 Å². The second-order valence-electron chi connectivity index (χ2n) is 7.99. The third kappa shape index (κ3) is 3.08. The molecule has 6 nitrogen and oxygen atoms in total. The van der Waals surface area contributed by atoms with Crippen LogP contribution in [0.4, 0.5) is 5.95 Å². The number of nitrogens with zero attached hydrogens (tertiary/aromatic N) is 4. The van der Waals surface area contributed by atoms with Crippen LogP contribution in [-0.2, 0) is 17.8 Å². The van der Waals surface area contributed by atoms with E-state index < -0.39 is 0 Å². The zero-order valence-electron chi connectivity index (χ0n) is 15.4. The second-order valence-corrected chi connectivity index (χ2v) is 7.99. The standard InChI is InChI=1S/C21H24N4O2/c26-19(24-8-5-21(15-24)6-9-27-10-7-21)18-11-22-20(23-12-18)25-13-16-3-1-2-4-17(16)14-25/h1-4,11-12H,5-10,13-15H2. The second kappa shape index (κ2) is 6.60. The van der Waals surface area contributed by atoms with Crippen molar-refractivity contribution in [3.63, 3.8) is 0 Å². The fourth-order valence-corrected chi connectivity index (χ4v) is 4.57. The topological polar surface area (TPSA) is 58.6 Å². The Balaban J connectivity index is 1.26. The van der Waals surface area contributed by atoms with Gasteiger partial charge in [0.15, 0.2) is 0 Å². The van der Waals surface area contributed by atoms with E-state index in [2.05, 4.69) is 39.1 Å². The summed E-state index contributed by atoms with van der Waals surface area (Å²) >= 11 is 0. The van der Waals surface area contributed by atoms with Crippen molar-refractivity contribution >= 4 is 11.9 Å². The molecule has 27 heavy (non-hydrogen) atoms. The maximum atomic E-state index is 12.9. The summed E-state index contributed by atoms with van der Waals surface area (Å²) in [5.41, 5.74) is 3.48. The van der Waals surface area contributed by atoms with E-state index in [1.165, 1.54) is 11.1 Å². The van der Waals surface area contributed by atoms with Crippen molar-refractivity contribution in [2.45, 2.75) is 32.4 Å². The molecule has 5 rings (SSSR count). The van der Waals surface area contributed by atoms with Gasteiger partial charge in [-0.3, -0.25) is 4.79 Å². The van der Waals surface area contributed by atoms with Gasteiger partial charge in [0.2, 0.25) is 5.95 Å². The molecule has 0 atom stereocenters. The van der Waals surface area contributed by atoms with Crippen molar-refractivity contribution < 1.29 is 9.53 Å². The van der Waals surface area contributed by atoms with Crippen LogP contribution in [0.3, 0.4) is 0 Å². The number of fused-ring (bicyclic) bond motifs is 1. The van der Waals surface area contributed by atoms with Crippen LogP contribution in [0.15, 0.2) is 36.7 Å². The molecule has 1 aromatic carbocycles. The molecule has 1 spiro atoms. The molecule has 2 saturated heterocycles. The van der Waals surface area contributed by atoms with Crippen molar-refractivity contribution in [3.8, 4) is 0 Å². The first-order valence-electron chi connectivity index (χ1n) is 9.73. The Morgan fingerprint density at radius 1 is 1.00 bits per heavy atom. The molecule has 1 amide bonds. The number of rotatable bonds is 2. The van der Waals surface area contributed by atoms with Gasteiger partial charge in [-0.05, 0) is 35.8 Å². The molecule has 6 heteroatoms. The summed E-state index contributed by atoms with van der Waals surface area (Å²) in [7, 11) is 0. The van der Waals surface area contributed by atoms with Crippen molar-refractivity contribution in [3.05, 3.63) is 53.3 Å². The van der Waals surface area contributed by atoms with Gasteiger partial charge >= 0.3 is 0 Å². The number of carbonyl (C=O) groups is 1. The maximum Gasteiger partial charge on any atom is 0.257 e. The minimum absolute atomic E-state index is 0.0506. The van der Waals surface area contributed by atoms with Crippen LogP contribution in [0.5, 0.6) is 0 Å². The van der Waals surface area contributed by atoms with Crippen molar-refractivity contribution in [2.24, 2.45) is 5.41 Å². The van der Waals surface area contributed by atoms with Gasteiger partial charge in [0.05, 0.1) is 5.56 Å². The molecule has 0 unspecified atom stereocenters. The van der Waals surface area contributed by atoms with Crippen LogP contribution in [0.2, 0.25) is 0 Å². The molecule has 1 aromatic heterocycles. The normalized spacial score (nSPS) is 20.9. The summed E-state index contributed by atoms with van der Waals surface area (Å²) in [5, 5.41) is 0. The van der Waals surface area contributed by atoms with Gasteiger partial charge in [-0.25, -0.2) is 9.97 Å². The third-order valence-corrected chi connectivity index (χ3v) is 6.29. The molecule has 0 bridgehead atoms. The Morgan fingerprint density at radius 3 is 2.33 bits per heavy atom. The van der Waals surface area contributed by atoms with Crippen LogP contribution < -0.4 is 4.90 Å². The fraction of sp³-hybridized carbons (Fsp3) is 0.476. The van der Waals surface area contributed by atoms with E-state index in [0.29, 0.717) is 11.5 Å². The largest absolute Gasteiger partial charge is 0.381 e. The first-order valence-corrected chi connectivity index (χ1v) is 9.73. The molecule has 0 saturated carbocycles. The summed E-state index contributed by atoms with van der Waals surface area (Å²) in [4.78, 5) is 26.0. The monoisotopic (exact) mass is 364 g/mol. The van der Waals surface area contributed by atoms with Gasteiger partial charge in [-0.15, -0.1) is 0 Å². The van der Waals surface area contributed by atoms with Gasteiger partial charge in [0, 0.05) is 51.8 Å². The highest BCUT2D eigenvalue weighted by atomic mass is 16.5. The molecular formula is C21H24N4O2. The zero-order valence-corrected chi connectivity index (χ0v) is 15.4. The van der Waals surface area contributed by atoms with Crippen LogP contribution >= 0.6 is 0 Å². The number of carbonyl (C=O) groups excluding carboxylic acids is 1. The first-order chi connectivity index (χ1) is 13.2. The minimum Gasteiger partial charge on any atom is -0.381 e. The van der Waals surface area contributed by atoms with Crippen LogP contribution in [-0.4, -0.2) is 47.1 Å². The lowest BCUT2D eigenvalue weighted by molar-refractivity contribution is 0.0191. The predicted molar refractivity (Wildman–Crippen MR) is 101 cm³/mol. The van der Waals surface area contributed by atoms with Crippen LogP contribution in [0.25, 0.3) is 0 Å². The smallest absolute Gasteiger partial charge is 0.257 e. The Morgan fingerprint density at radius 2 is 1.67 bits per heavy atom. The molecular weight excluding hydrogens is 340 g/mol. The van der Waals surface area contributed by atoms with E-state index >= 15 is 0 Å². The number of anilines is 1. The summed E-state index contributed by atoms with van der Waals surface area (Å²) in [6.45, 7) is 4.93. The highest BCUT2D eigenvalue weighted by Gasteiger charge is 2.41. The Bertz CT molecular complexity index is 821. The average Bonchev–Trinajstić information content (AvgIpc) is 3.33. The van der Waals surface area contributed by atoms with E-state index in [1.807, 2.05) is 4.90 Å². The third-order valence-electron chi connectivity index (χ3n) is 6.29. The number of aromatic nitrogens is 2. The molecule has 0 N–H and O–H groups in total. The van der Waals surface area contributed by atoms with E-state index in [0.717, 1.165) is 58.7 Å². The average molecular weight is 364 g/mol. The van der Waals surface area contributed by atoms with Gasteiger partial charge in [-0.2, -0.15) is 0 Å². The maximum absolute atomic E-state index is 12.9. The van der Waals surface area contributed by atoms with Crippen LogP contribution in [0, 0.1) is 5.41 Å². The summed E-state index contributed by atoms with van der Waals surface area (Å²) in [6, 6.07) is 8.41. The quantitative estimate of drug-likeness (QED) is 0.820.